The van der Waals surface area contributed by atoms with Crippen LogP contribution in [0.5, 0.6) is 5.75 Å². The third kappa shape index (κ3) is 5.01. The molecule has 0 aromatic heterocycles. The molecule has 0 aliphatic rings. The highest BCUT2D eigenvalue weighted by molar-refractivity contribution is 5.89. The second kappa shape index (κ2) is 7.93. The molecule has 2 rings (SSSR count). The van der Waals surface area contributed by atoms with E-state index in [1.165, 1.54) is 0 Å². The van der Waals surface area contributed by atoms with Gasteiger partial charge in [-0.1, -0.05) is 18.2 Å². The minimum absolute atomic E-state index is 0.235. The smallest absolute Gasteiger partial charge is 0.319 e. The molecule has 0 aliphatic carbocycles. The van der Waals surface area contributed by atoms with Crippen molar-refractivity contribution in [3.63, 3.8) is 0 Å². The van der Waals surface area contributed by atoms with Crippen molar-refractivity contribution in [2.45, 2.75) is 13.3 Å². The Kier molecular flexibility index (Phi) is 5.65. The number of rotatable bonds is 6. The van der Waals surface area contributed by atoms with Gasteiger partial charge >= 0.3 is 6.03 Å². The van der Waals surface area contributed by atoms with E-state index in [1.54, 1.807) is 24.3 Å². The Labute approximate surface area is 130 Å². The van der Waals surface area contributed by atoms with E-state index in [0.29, 0.717) is 24.5 Å². The Bertz CT molecular complexity index is 612. The first-order valence-corrected chi connectivity index (χ1v) is 7.24. The first kappa shape index (κ1) is 15.7. The van der Waals surface area contributed by atoms with Gasteiger partial charge in [0.15, 0.2) is 0 Å². The van der Waals surface area contributed by atoms with Crippen molar-refractivity contribution in [2.24, 2.45) is 0 Å². The van der Waals surface area contributed by atoms with Crippen LogP contribution < -0.4 is 21.1 Å². The predicted octanol–water partition coefficient (Wildman–Crippen LogP) is 3.17. The summed E-state index contributed by atoms with van der Waals surface area (Å²) in [5, 5.41) is 5.53. The number of nitrogens with one attached hydrogen (secondary N) is 2. The molecule has 5 heteroatoms. The number of urea groups is 1. The van der Waals surface area contributed by atoms with Gasteiger partial charge in [0.1, 0.15) is 5.75 Å². The molecule has 0 saturated carbocycles. The molecule has 0 fully saturated rings. The van der Waals surface area contributed by atoms with Crippen molar-refractivity contribution >= 4 is 17.4 Å². The average Bonchev–Trinajstić information content (AvgIpc) is 2.51. The van der Waals surface area contributed by atoms with Crippen LogP contribution in [0.25, 0.3) is 0 Å². The Balaban J connectivity index is 1.63. The summed E-state index contributed by atoms with van der Waals surface area (Å²) >= 11 is 0. The minimum atomic E-state index is -0.235. The molecule has 0 heterocycles. The zero-order chi connectivity index (χ0) is 15.8. The number of carbonyl (C=O) groups is 1. The molecule has 0 spiro atoms. The Hall–Kier alpha value is -2.69. The van der Waals surface area contributed by atoms with E-state index >= 15 is 0 Å². The first-order valence-electron chi connectivity index (χ1n) is 7.24. The topological polar surface area (TPSA) is 76.4 Å². The summed E-state index contributed by atoms with van der Waals surface area (Å²) in [5.41, 5.74) is 8.07. The van der Waals surface area contributed by atoms with Gasteiger partial charge in [-0.2, -0.15) is 0 Å². The normalized spacial score (nSPS) is 10.0. The summed E-state index contributed by atoms with van der Waals surface area (Å²) in [6, 6.07) is 14.6. The number of hydrogen-bond acceptors (Lipinski definition) is 3. The number of nitrogen functional groups attached to an aromatic ring is 1. The maximum absolute atomic E-state index is 11.7. The molecule has 0 atom stereocenters. The van der Waals surface area contributed by atoms with Crippen LogP contribution in [0.3, 0.4) is 0 Å². The fourth-order valence-electron chi connectivity index (χ4n) is 1.92. The van der Waals surface area contributed by atoms with Crippen LogP contribution in [0.2, 0.25) is 0 Å². The summed E-state index contributed by atoms with van der Waals surface area (Å²) in [5.74, 6) is 0.883. The molecule has 2 aromatic rings. The van der Waals surface area contributed by atoms with Gasteiger partial charge in [0.05, 0.1) is 6.61 Å². The molecular formula is C17H21N3O2. The van der Waals surface area contributed by atoms with Gasteiger partial charge < -0.3 is 21.1 Å². The fraction of sp³-hybridized carbons (Fsp3) is 0.235. The van der Waals surface area contributed by atoms with Crippen molar-refractivity contribution in [1.29, 1.82) is 0 Å². The summed E-state index contributed by atoms with van der Waals surface area (Å²) < 4.78 is 5.66. The number of benzene rings is 2. The van der Waals surface area contributed by atoms with E-state index in [4.69, 9.17) is 10.5 Å². The van der Waals surface area contributed by atoms with E-state index in [9.17, 15) is 4.79 Å². The quantitative estimate of drug-likeness (QED) is 0.566. The van der Waals surface area contributed by atoms with Gasteiger partial charge in [-0.05, 0) is 49.2 Å². The average molecular weight is 299 g/mol. The van der Waals surface area contributed by atoms with Gasteiger partial charge in [0.2, 0.25) is 0 Å². The van der Waals surface area contributed by atoms with Crippen LogP contribution >= 0.6 is 0 Å². The van der Waals surface area contributed by atoms with Crippen molar-refractivity contribution in [3.05, 3.63) is 54.1 Å². The van der Waals surface area contributed by atoms with Gasteiger partial charge in [0, 0.05) is 17.9 Å². The standard InChI is InChI=1S/C17H21N3O2/c1-13-5-2-3-6-16(13)22-12-4-11-19-17(21)20-15-9-7-14(18)8-10-15/h2-3,5-10H,4,11-12,18H2,1H3,(H2,19,20,21). The summed E-state index contributed by atoms with van der Waals surface area (Å²) in [7, 11) is 0. The maximum Gasteiger partial charge on any atom is 0.319 e. The molecule has 2 aromatic carbocycles. The van der Waals surface area contributed by atoms with Crippen molar-refractivity contribution in [1.82, 2.24) is 5.32 Å². The number of para-hydroxylation sites is 1. The van der Waals surface area contributed by atoms with Crippen LogP contribution in [0.15, 0.2) is 48.5 Å². The predicted molar refractivity (Wildman–Crippen MR) is 89.2 cm³/mol. The number of anilines is 2. The summed E-state index contributed by atoms with van der Waals surface area (Å²) in [6.07, 6.45) is 0.740. The first-order chi connectivity index (χ1) is 10.6. The number of aryl methyl sites for hydroxylation is 1. The third-order valence-corrected chi connectivity index (χ3v) is 3.13. The molecule has 0 aliphatic heterocycles. The van der Waals surface area contributed by atoms with Crippen LogP contribution in [0.4, 0.5) is 16.2 Å². The number of nitrogens with two attached hydrogens (primary N) is 1. The third-order valence-electron chi connectivity index (χ3n) is 3.13. The van der Waals surface area contributed by atoms with E-state index in [2.05, 4.69) is 10.6 Å². The number of amides is 2. The van der Waals surface area contributed by atoms with Gasteiger partial charge in [0.25, 0.3) is 0 Å². The highest BCUT2D eigenvalue weighted by atomic mass is 16.5. The van der Waals surface area contributed by atoms with E-state index in [1.807, 2.05) is 31.2 Å². The lowest BCUT2D eigenvalue weighted by atomic mass is 10.2. The summed E-state index contributed by atoms with van der Waals surface area (Å²) in [6.45, 7) is 3.12. The van der Waals surface area contributed by atoms with Crippen molar-refractivity contribution < 1.29 is 9.53 Å². The second-order valence-corrected chi connectivity index (χ2v) is 4.97. The Morgan fingerprint density at radius 3 is 2.59 bits per heavy atom. The molecule has 4 N–H and O–H groups in total. The van der Waals surface area contributed by atoms with Gasteiger partial charge in [-0.15, -0.1) is 0 Å². The lowest BCUT2D eigenvalue weighted by molar-refractivity contribution is 0.250. The molecule has 22 heavy (non-hydrogen) atoms. The van der Waals surface area contributed by atoms with Crippen LogP contribution in [-0.4, -0.2) is 19.2 Å². The lowest BCUT2D eigenvalue weighted by Crippen LogP contribution is -2.30. The highest BCUT2D eigenvalue weighted by Crippen LogP contribution is 2.16. The molecule has 5 nitrogen and oxygen atoms in total. The van der Waals surface area contributed by atoms with Crippen molar-refractivity contribution in [3.8, 4) is 5.75 Å². The van der Waals surface area contributed by atoms with Crippen LogP contribution in [0, 0.1) is 6.92 Å². The molecule has 0 unspecified atom stereocenters. The van der Waals surface area contributed by atoms with E-state index < -0.39 is 0 Å². The fourth-order valence-corrected chi connectivity index (χ4v) is 1.92. The molecule has 2 amide bonds. The molecule has 0 saturated heterocycles. The van der Waals surface area contributed by atoms with Crippen LogP contribution in [-0.2, 0) is 0 Å². The zero-order valence-corrected chi connectivity index (χ0v) is 12.6. The Morgan fingerprint density at radius 2 is 1.86 bits per heavy atom. The van der Waals surface area contributed by atoms with E-state index in [0.717, 1.165) is 17.7 Å². The monoisotopic (exact) mass is 299 g/mol. The molecule has 116 valence electrons. The van der Waals surface area contributed by atoms with E-state index in [-0.39, 0.29) is 6.03 Å². The van der Waals surface area contributed by atoms with Crippen molar-refractivity contribution in [2.75, 3.05) is 24.2 Å². The minimum Gasteiger partial charge on any atom is -0.493 e. The SMILES string of the molecule is Cc1ccccc1OCCCNC(=O)Nc1ccc(N)cc1. The molecular weight excluding hydrogens is 278 g/mol. The second-order valence-electron chi connectivity index (χ2n) is 4.97. The zero-order valence-electron chi connectivity index (χ0n) is 12.6. The molecule has 0 radical (unpaired) electrons. The maximum atomic E-state index is 11.7. The highest BCUT2D eigenvalue weighted by Gasteiger charge is 2.01. The number of carbonyl (C=O) groups excluding carboxylic acids is 1. The van der Waals surface area contributed by atoms with Gasteiger partial charge in [-0.3, -0.25) is 0 Å². The number of ether oxygens (including phenoxy) is 1. The summed E-state index contributed by atoms with van der Waals surface area (Å²) in [4.78, 5) is 11.7. The van der Waals surface area contributed by atoms with Crippen LogP contribution in [0.1, 0.15) is 12.0 Å². The largest absolute Gasteiger partial charge is 0.493 e. The van der Waals surface area contributed by atoms with Gasteiger partial charge in [-0.25, -0.2) is 4.79 Å². The lowest BCUT2D eigenvalue weighted by Gasteiger charge is -2.10. The molecule has 0 bridgehead atoms. The number of hydrogen-bond donors (Lipinski definition) is 3. The Morgan fingerprint density at radius 1 is 1.14 bits per heavy atom.